The van der Waals surface area contributed by atoms with Gasteiger partial charge in [-0.1, -0.05) is 28.9 Å². The molecule has 0 amide bonds. The van der Waals surface area contributed by atoms with Gasteiger partial charge >= 0.3 is 0 Å². The molecule has 1 aliphatic rings. The van der Waals surface area contributed by atoms with Crippen LogP contribution in [-0.2, 0) is 6.42 Å². The third kappa shape index (κ3) is 3.58. The Morgan fingerprint density at radius 3 is 2.80 bits per heavy atom. The molecule has 0 radical (unpaired) electrons. The summed E-state index contributed by atoms with van der Waals surface area (Å²) < 4.78 is 0.847. The third-order valence-corrected chi connectivity index (χ3v) is 5.08. The molecule has 0 aliphatic heterocycles. The zero-order valence-electron chi connectivity index (χ0n) is 11.9. The van der Waals surface area contributed by atoms with Crippen molar-refractivity contribution in [1.29, 1.82) is 0 Å². The summed E-state index contributed by atoms with van der Waals surface area (Å²) in [7, 11) is 2.03. The summed E-state index contributed by atoms with van der Waals surface area (Å²) >= 11 is 3.47. The molecule has 1 N–H and O–H groups in total. The minimum atomic E-state index is -0.354. The number of nitrogens with one attached hydrogen (secondary N) is 1. The maximum atomic E-state index is 10.8. The van der Waals surface area contributed by atoms with Gasteiger partial charge in [0.15, 0.2) is 0 Å². The summed E-state index contributed by atoms with van der Waals surface area (Å²) in [6.07, 6.45) is 4.68. The van der Waals surface area contributed by atoms with E-state index in [0.717, 1.165) is 22.4 Å². The monoisotopic (exact) mass is 340 g/mol. The molecule has 1 aromatic carbocycles. The highest BCUT2D eigenvalue weighted by atomic mass is 79.9. The van der Waals surface area contributed by atoms with Crippen LogP contribution in [0.1, 0.15) is 31.7 Å². The summed E-state index contributed by atoms with van der Waals surface area (Å²) in [6.45, 7) is 2.31. The molecule has 0 bridgehead atoms. The standard InChI is InChI=1S/C15H21BrN2O2/c1-10-3-6-15(17-2)12(7-10)8-11-4-5-13(18(19)20)9-14(11)16/h4-5,9-10,12,15,17H,3,6-8H2,1-2H3. The van der Waals surface area contributed by atoms with E-state index in [9.17, 15) is 10.1 Å². The van der Waals surface area contributed by atoms with E-state index in [-0.39, 0.29) is 10.6 Å². The smallest absolute Gasteiger partial charge is 0.270 e. The number of nitrogens with zero attached hydrogens (tertiary/aromatic N) is 1. The minimum absolute atomic E-state index is 0.141. The second-order valence-electron chi connectivity index (χ2n) is 5.81. The van der Waals surface area contributed by atoms with Gasteiger partial charge in [0.05, 0.1) is 4.92 Å². The number of halogens is 1. The van der Waals surface area contributed by atoms with Gasteiger partial charge in [-0.25, -0.2) is 0 Å². The molecular formula is C15H21BrN2O2. The number of hydrogen-bond donors (Lipinski definition) is 1. The lowest BCUT2D eigenvalue weighted by molar-refractivity contribution is -0.384. The van der Waals surface area contributed by atoms with Crippen molar-refractivity contribution in [1.82, 2.24) is 5.32 Å². The Balaban J connectivity index is 2.13. The number of nitro benzene ring substituents is 1. The minimum Gasteiger partial charge on any atom is -0.317 e. The average Bonchev–Trinajstić information content (AvgIpc) is 2.41. The first-order chi connectivity index (χ1) is 9.51. The first-order valence-electron chi connectivity index (χ1n) is 7.11. The molecule has 0 spiro atoms. The second kappa shape index (κ2) is 6.68. The van der Waals surface area contributed by atoms with E-state index < -0.39 is 0 Å². The molecule has 0 saturated heterocycles. The van der Waals surface area contributed by atoms with Crippen molar-refractivity contribution in [3.8, 4) is 0 Å². The Morgan fingerprint density at radius 1 is 1.45 bits per heavy atom. The van der Waals surface area contributed by atoms with Gasteiger partial charge in [0, 0.05) is 22.6 Å². The van der Waals surface area contributed by atoms with Gasteiger partial charge in [-0.3, -0.25) is 10.1 Å². The highest BCUT2D eigenvalue weighted by Gasteiger charge is 2.28. The fourth-order valence-electron chi connectivity index (χ4n) is 3.20. The fourth-order valence-corrected chi connectivity index (χ4v) is 3.73. The molecular weight excluding hydrogens is 320 g/mol. The largest absolute Gasteiger partial charge is 0.317 e. The van der Waals surface area contributed by atoms with E-state index >= 15 is 0 Å². The lowest BCUT2D eigenvalue weighted by Crippen LogP contribution is -2.39. The maximum Gasteiger partial charge on any atom is 0.270 e. The van der Waals surface area contributed by atoms with Crippen LogP contribution in [-0.4, -0.2) is 18.0 Å². The highest BCUT2D eigenvalue weighted by molar-refractivity contribution is 9.10. The van der Waals surface area contributed by atoms with Crippen LogP contribution in [0, 0.1) is 22.0 Å². The SMILES string of the molecule is CNC1CCC(C)CC1Cc1ccc([N+](=O)[O-])cc1Br. The Kier molecular flexibility index (Phi) is 5.16. The number of benzene rings is 1. The zero-order valence-corrected chi connectivity index (χ0v) is 13.5. The predicted molar refractivity (Wildman–Crippen MR) is 83.9 cm³/mol. The van der Waals surface area contributed by atoms with E-state index in [4.69, 9.17) is 0 Å². The van der Waals surface area contributed by atoms with Crippen molar-refractivity contribution in [2.75, 3.05) is 7.05 Å². The molecule has 0 heterocycles. The van der Waals surface area contributed by atoms with Crippen LogP contribution in [0.15, 0.2) is 22.7 Å². The first kappa shape index (κ1) is 15.4. The first-order valence-corrected chi connectivity index (χ1v) is 7.90. The van der Waals surface area contributed by atoms with Crippen molar-refractivity contribution < 1.29 is 4.92 Å². The maximum absolute atomic E-state index is 10.8. The molecule has 4 nitrogen and oxygen atoms in total. The van der Waals surface area contributed by atoms with Crippen molar-refractivity contribution in [3.05, 3.63) is 38.3 Å². The highest BCUT2D eigenvalue weighted by Crippen LogP contribution is 2.33. The molecule has 110 valence electrons. The Bertz CT molecular complexity index is 493. The van der Waals surface area contributed by atoms with Crippen LogP contribution in [0.4, 0.5) is 5.69 Å². The molecule has 3 unspecified atom stereocenters. The van der Waals surface area contributed by atoms with Gasteiger partial charge in [-0.2, -0.15) is 0 Å². The fraction of sp³-hybridized carbons (Fsp3) is 0.600. The Morgan fingerprint density at radius 2 is 2.20 bits per heavy atom. The van der Waals surface area contributed by atoms with E-state index in [1.165, 1.54) is 19.3 Å². The molecule has 20 heavy (non-hydrogen) atoms. The van der Waals surface area contributed by atoms with Gasteiger partial charge in [0.1, 0.15) is 0 Å². The molecule has 0 aromatic heterocycles. The van der Waals surface area contributed by atoms with Crippen LogP contribution in [0.3, 0.4) is 0 Å². The van der Waals surface area contributed by atoms with Gasteiger partial charge < -0.3 is 5.32 Å². The summed E-state index contributed by atoms with van der Waals surface area (Å²) in [5, 5.41) is 14.2. The number of non-ortho nitro benzene ring substituents is 1. The van der Waals surface area contributed by atoms with E-state index in [1.54, 1.807) is 12.1 Å². The van der Waals surface area contributed by atoms with Crippen molar-refractivity contribution >= 4 is 21.6 Å². The number of rotatable bonds is 4. The van der Waals surface area contributed by atoms with Gasteiger partial charge in [-0.05, 0) is 50.1 Å². The summed E-state index contributed by atoms with van der Waals surface area (Å²) in [6, 6.07) is 5.64. The van der Waals surface area contributed by atoms with Crippen molar-refractivity contribution in [2.24, 2.45) is 11.8 Å². The van der Waals surface area contributed by atoms with Gasteiger partial charge in [0.2, 0.25) is 0 Å². The summed E-state index contributed by atoms with van der Waals surface area (Å²) in [4.78, 5) is 10.4. The summed E-state index contributed by atoms with van der Waals surface area (Å²) in [5.41, 5.74) is 1.30. The Hall–Kier alpha value is -0.940. The van der Waals surface area contributed by atoms with Crippen LogP contribution in [0.2, 0.25) is 0 Å². The quantitative estimate of drug-likeness (QED) is 0.667. The van der Waals surface area contributed by atoms with E-state index in [2.05, 4.69) is 28.2 Å². The normalized spacial score (nSPS) is 26.4. The molecule has 2 rings (SSSR count). The number of nitro groups is 1. The molecule has 5 heteroatoms. The lowest BCUT2D eigenvalue weighted by atomic mass is 9.76. The van der Waals surface area contributed by atoms with E-state index in [0.29, 0.717) is 12.0 Å². The lowest BCUT2D eigenvalue weighted by Gasteiger charge is -2.35. The van der Waals surface area contributed by atoms with E-state index in [1.807, 2.05) is 13.1 Å². The van der Waals surface area contributed by atoms with Gasteiger partial charge in [-0.15, -0.1) is 0 Å². The summed E-state index contributed by atoms with van der Waals surface area (Å²) in [5.74, 6) is 1.36. The third-order valence-electron chi connectivity index (χ3n) is 4.34. The second-order valence-corrected chi connectivity index (χ2v) is 6.66. The Labute approximate surface area is 128 Å². The van der Waals surface area contributed by atoms with Crippen molar-refractivity contribution in [2.45, 2.75) is 38.6 Å². The molecule has 1 aromatic rings. The predicted octanol–water partition coefficient (Wildman–Crippen LogP) is 3.92. The topological polar surface area (TPSA) is 55.2 Å². The van der Waals surface area contributed by atoms with Crippen LogP contribution in [0.5, 0.6) is 0 Å². The van der Waals surface area contributed by atoms with Crippen molar-refractivity contribution in [3.63, 3.8) is 0 Å². The average molecular weight is 341 g/mol. The molecule has 1 saturated carbocycles. The number of hydrogen-bond acceptors (Lipinski definition) is 3. The van der Waals surface area contributed by atoms with Crippen LogP contribution in [0.25, 0.3) is 0 Å². The molecule has 1 fully saturated rings. The molecule has 1 aliphatic carbocycles. The zero-order chi connectivity index (χ0) is 14.7. The molecule has 3 atom stereocenters. The van der Waals surface area contributed by atoms with Crippen LogP contribution < -0.4 is 5.32 Å². The van der Waals surface area contributed by atoms with Crippen LogP contribution >= 0.6 is 15.9 Å². The van der Waals surface area contributed by atoms with Gasteiger partial charge in [0.25, 0.3) is 5.69 Å².